The molecule has 0 aromatic heterocycles. The number of hydrogen-bond donors (Lipinski definition) is 2. The number of hydroxylamine groups is 1. The lowest BCUT2D eigenvalue weighted by molar-refractivity contribution is 0.0438. The van der Waals surface area contributed by atoms with Gasteiger partial charge in [0.15, 0.2) is 11.6 Å². The summed E-state index contributed by atoms with van der Waals surface area (Å²) in [6, 6.07) is 7.32. The van der Waals surface area contributed by atoms with E-state index in [-0.39, 0.29) is 17.9 Å². The van der Waals surface area contributed by atoms with Gasteiger partial charge in [0.05, 0.1) is 11.3 Å². The topological polar surface area (TPSA) is 50.4 Å². The Kier molecular flexibility index (Phi) is 6.51. The predicted octanol–water partition coefficient (Wildman–Crippen LogP) is 4.46. The van der Waals surface area contributed by atoms with Crippen LogP contribution in [0.5, 0.6) is 0 Å². The van der Waals surface area contributed by atoms with Crippen molar-refractivity contribution >= 4 is 33.2 Å². The number of amides is 1. The van der Waals surface area contributed by atoms with E-state index >= 15 is 0 Å². The summed E-state index contributed by atoms with van der Waals surface area (Å²) in [7, 11) is 0. The lowest BCUT2D eigenvalue weighted by Gasteiger charge is -2.15. The lowest BCUT2D eigenvalue weighted by Crippen LogP contribution is -2.25. The van der Waals surface area contributed by atoms with E-state index in [9.17, 15) is 13.6 Å². The molecule has 4 nitrogen and oxygen atoms in total. The Balaban J connectivity index is 2.33. The van der Waals surface area contributed by atoms with E-state index in [2.05, 4.69) is 38.6 Å². The van der Waals surface area contributed by atoms with Gasteiger partial charge in [0.2, 0.25) is 0 Å². The maximum atomic E-state index is 14.3. The highest BCUT2D eigenvalue weighted by molar-refractivity contribution is 9.10. The number of benzene rings is 2. The van der Waals surface area contributed by atoms with Crippen molar-refractivity contribution in [2.24, 2.45) is 0 Å². The van der Waals surface area contributed by atoms with Gasteiger partial charge < -0.3 is 5.32 Å². The van der Waals surface area contributed by atoms with Gasteiger partial charge in [0.1, 0.15) is 6.61 Å². The first kappa shape index (κ1) is 18.9. The zero-order valence-electron chi connectivity index (χ0n) is 13.5. The van der Waals surface area contributed by atoms with Crippen LogP contribution in [0.1, 0.15) is 22.8 Å². The second-order valence-electron chi connectivity index (χ2n) is 5.01. The van der Waals surface area contributed by atoms with Gasteiger partial charge in [-0.25, -0.2) is 14.3 Å². The third kappa shape index (κ3) is 4.78. The first-order valence-corrected chi connectivity index (χ1v) is 8.06. The molecule has 0 spiro atoms. The number of hydrogen-bond acceptors (Lipinski definition) is 3. The van der Waals surface area contributed by atoms with Crippen molar-refractivity contribution in [2.45, 2.75) is 13.8 Å². The van der Waals surface area contributed by atoms with Crippen LogP contribution < -0.4 is 10.8 Å². The molecule has 0 aliphatic rings. The standard InChI is InChI=1S/C18H15BrF2N2O2/c1-3-4-9-25-23-18(24)13-6-7-14(20)16(21)17(13)22-15-8-5-12(19)10-11(15)2/h5-8,10,22H,9H2,1-2H3,(H,23,24). The Morgan fingerprint density at radius 2 is 2.04 bits per heavy atom. The summed E-state index contributed by atoms with van der Waals surface area (Å²) in [5.41, 5.74) is 3.12. The van der Waals surface area contributed by atoms with Gasteiger partial charge in [-0.2, -0.15) is 0 Å². The van der Waals surface area contributed by atoms with Crippen molar-refractivity contribution in [3.8, 4) is 11.8 Å². The number of rotatable bonds is 5. The van der Waals surface area contributed by atoms with E-state index in [1.807, 2.05) is 6.07 Å². The normalized spacial score (nSPS) is 9.96. The molecular weight excluding hydrogens is 394 g/mol. The molecule has 0 fully saturated rings. The van der Waals surface area contributed by atoms with Crippen LogP contribution in [0.2, 0.25) is 0 Å². The molecule has 7 heteroatoms. The maximum absolute atomic E-state index is 14.3. The van der Waals surface area contributed by atoms with E-state index < -0.39 is 17.5 Å². The van der Waals surface area contributed by atoms with Crippen molar-refractivity contribution in [1.29, 1.82) is 0 Å². The van der Waals surface area contributed by atoms with E-state index in [4.69, 9.17) is 4.84 Å². The molecule has 0 atom stereocenters. The molecule has 0 unspecified atom stereocenters. The average Bonchev–Trinajstić information content (AvgIpc) is 2.58. The fourth-order valence-corrected chi connectivity index (χ4v) is 2.50. The minimum absolute atomic E-state index is 0.0134. The molecule has 2 aromatic carbocycles. The molecule has 0 aliphatic carbocycles. The molecule has 0 heterocycles. The number of carbonyl (C=O) groups excluding carboxylic acids is 1. The van der Waals surface area contributed by atoms with E-state index in [0.717, 1.165) is 16.1 Å². The molecule has 130 valence electrons. The van der Waals surface area contributed by atoms with E-state index in [1.54, 1.807) is 26.0 Å². The van der Waals surface area contributed by atoms with E-state index in [0.29, 0.717) is 5.69 Å². The van der Waals surface area contributed by atoms with Gasteiger partial charge in [0.25, 0.3) is 5.91 Å². The quantitative estimate of drug-likeness (QED) is 0.436. The molecule has 0 radical (unpaired) electrons. The van der Waals surface area contributed by atoms with Gasteiger partial charge in [-0.15, -0.1) is 5.92 Å². The number of anilines is 2. The van der Waals surface area contributed by atoms with Gasteiger partial charge in [-0.3, -0.25) is 9.63 Å². The highest BCUT2D eigenvalue weighted by atomic mass is 79.9. The Labute approximate surface area is 152 Å². The van der Waals surface area contributed by atoms with Crippen molar-refractivity contribution in [3.63, 3.8) is 0 Å². The highest BCUT2D eigenvalue weighted by Crippen LogP contribution is 2.29. The number of carbonyl (C=O) groups is 1. The average molecular weight is 409 g/mol. The molecule has 2 rings (SSSR count). The molecule has 0 bridgehead atoms. The van der Waals surface area contributed by atoms with Gasteiger partial charge in [-0.05, 0) is 49.7 Å². The Morgan fingerprint density at radius 3 is 2.72 bits per heavy atom. The van der Waals surface area contributed by atoms with Crippen LogP contribution in [0.4, 0.5) is 20.2 Å². The predicted molar refractivity (Wildman–Crippen MR) is 95.4 cm³/mol. The summed E-state index contributed by atoms with van der Waals surface area (Å²) in [6.07, 6.45) is 0. The highest BCUT2D eigenvalue weighted by Gasteiger charge is 2.19. The summed E-state index contributed by atoms with van der Waals surface area (Å²) in [5.74, 6) is 2.28. The lowest BCUT2D eigenvalue weighted by atomic mass is 10.1. The van der Waals surface area contributed by atoms with Crippen LogP contribution in [0.3, 0.4) is 0 Å². The summed E-state index contributed by atoms with van der Waals surface area (Å²) in [6.45, 7) is 3.42. The largest absolute Gasteiger partial charge is 0.352 e. The summed E-state index contributed by atoms with van der Waals surface area (Å²) < 4.78 is 28.8. The minimum Gasteiger partial charge on any atom is -0.352 e. The van der Waals surface area contributed by atoms with Gasteiger partial charge in [0, 0.05) is 10.2 Å². The van der Waals surface area contributed by atoms with Crippen molar-refractivity contribution in [3.05, 3.63) is 57.6 Å². The number of nitrogens with one attached hydrogen (secondary N) is 2. The smallest absolute Gasteiger partial charge is 0.277 e. The Morgan fingerprint density at radius 1 is 1.28 bits per heavy atom. The third-order valence-electron chi connectivity index (χ3n) is 3.27. The monoisotopic (exact) mass is 408 g/mol. The van der Waals surface area contributed by atoms with Gasteiger partial charge in [-0.1, -0.05) is 21.9 Å². The number of aryl methyl sites for hydroxylation is 1. The molecule has 2 N–H and O–H groups in total. The van der Waals surface area contributed by atoms with Crippen LogP contribution in [-0.4, -0.2) is 12.5 Å². The SMILES string of the molecule is CC#CCONC(=O)c1ccc(F)c(F)c1Nc1ccc(Br)cc1C. The third-order valence-corrected chi connectivity index (χ3v) is 3.77. The molecule has 25 heavy (non-hydrogen) atoms. The van der Waals surface area contributed by atoms with Gasteiger partial charge >= 0.3 is 0 Å². The summed E-state index contributed by atoms with van der Waals surface area (Å²) in [4.78, 5) is 17.1. The first-order valence-electron chi connectivity index (χ1n) is 7.27. The Bertz CT molecular complexity index is 860. The Hall–Kier alpha value is -2.43. The molecule has 1 amide bonds. The summed E-state index contributed by atoms with van der Waals surface area (Å²) in [5, 5.41) is 2.78. The zero-order chi connectivity index (χ0) is 18.4. The molecule has 0 aliphatic heterocycles. The molecule has 2 aromatic rings. The second-order valence-corrected chi connectivity index (χ2v) is 5.93. The first-order chi connectivity index (χ1) is 11.9. The fourth-order valence-electron chi connectivity index (χ4n) is 2.03. The van der Waals surface area contributed by atoms with Crippen LogP contribution in [0.15, 0.2) is 34.8 Å². The van der Waals surface area contributed by atoms with Crippen molar-refractivity contribution in [2.75, 3.05) is 11.9 Å². The van der Waals surface area contributed by atoms with Crippen LogP contribution in [0.25, 0.3) is 0 Å². The molecule has 0 saturated heterocycles. The van der Waals surface area contributed by atoms with Crippen LogP contribution >= 0.6 is 15.9 Å². The second kappa shape index (κ2) is 8.60. The van der Waals surface area contributed by atoms with Crippen LogP contribution in [0, 0.1) is 30.4 Å². The molecule has 0 saturated carbocycles. The molecular formula is C18H15BrF2N2O2. The van der Waals surface area contributed by atoms with E-state index in [1.165, 1.54) is 6.07 Å². The van der Waals surface area contributed by atoms with Crippen molar-refractivity contribution in [1.82, 2.24) is 5.48 Å². The van der Waals surface area contributed by atoms with Crippen molar-refractivity contribution < 1.29 is 18.4 Å². The van der Waals surface area contributed by atoms with Crippen LogP contribution in [-0.2, 0) is 4.84 Å². The minimum atomic E-state index is -1.15. The maximum Gasteiger partial charge on any atom is 0.277 e. The number of halogens is 3. The fraction of sp³-hybridized carbons (Fsp3) is 0.167. The zero-order valence-corrected chi connectivity index (χ0v) is 15.1. The summed E-state index contributed by atoms with van der Waals surface area (Å²) >= 11 is 3.33.